The zero-order chi connectivity index (χ0) is 15.3. The number of benzene rings is 2. The van der Waals surface area contributed by atoms with E-state index in [9.17, 15) is 0 Å². The standard InChI is InChI=1S/C18H25NO2/c1-18(2,20-3)11-13-21-17-9-8-14-6-4-5-7-15(14)16(17)10-12-19/h4-9H,10-13,19H2,1-3H3. The van der Waals surface area contributed by atoms with Crippen molar-refractivity contribution < 1.29 is 9.47 Å². The first-order valence-corrected chi connectivity index (χ1v) is 7.46. The predicted octanol–water partition coefficient (Wildman–Crippen LogP) is 3.53. The first-order chi connectivity index (χ1) is 10.1. The molecule has 0 saturated carbocycles. The molecule has 2 N–H and O–H groups in total. The molecule has 0 saturated heterocycles. The highest BCUT2D eigenvalue weighted by molar-refractivity contribution is 5.87. The van der Waals surface area contributed by atoms with Gasteiger partial charge in [0.2, 0.25) is 0 Å². The van der Waals surface area contributed by atoms with Gasteiger partial charge in [0.05, 0.1) is 12.2 Å². The second-order valence-electron chi connectivity index (χ2n) is 5.86. The second-order valence-corrected chi connectivity index (χ2v) is 5.86. The number of ether oxygens (including phenoxy) is 2. The number of nitrogens with two attached hydrogens (primary N) is 1. The lowest BCUT2D eigenvalue weighted by Crippen LogP contribution is -2.25. The molecule has 2 rings (SSSR count). The maximum Gasteiger partial charge on any atom is 0.123 e. The van der Waals surface area contributed by atoms with Gasteiger partial charge in [-0.05, 0) is 43.7 Å². The summed E-state index contributed by atoms with van der Waals surface area (Å²) in [6.07, 6.45) is 1.67. The van der Waals surface area contributed by atoms with Crippen LogP contribution in [-0.4, -0.2) is 25.9 Å². The van der Waals surface area contributed by atoms with Gasteiger partial charge < -0.3 is 15.2 Å². The summed E-state index contributed by atoms with van der Waals surface area (Å²) in [5.74, 6) is 0.936. The molecule has 3 nitrogen and oxygen atoms in total. The van der Waals surface area contributed by atoms with E-state index in [0.717, 1.165) is 18.6 Å². The maximum absolute atomic E-state index is 6.00. The lowest BCUT2D eigenvalue weighted by Gasteiger charge is -2.23. The molecule has 0 bridgehead atoms. The summed E-state index contributed by atoms with van der Waals surface area (Å²) in [4.78, 5) is 0. The second kappa shape index (κ2) is 6.92. The van der Waals surface area contributed by atoms with Gasteiger partial charge in [-0.1, -0.05) is 30.3 Å². The Morgan fingerprint density at radius 2 is 1.86 bits per heavy atom. The molecule has 0 fully saturated rings. The lowest BCUT2D eigenvalue weighted by molar-refractivity contribution is 0.00539. The van der Waals surface area contributed by atoms with Crippen molar-refractivity contribution >= 4 is 10.8 Å². The van der Waals surface area contributed by atoms with Crippen LogP contribution in [0.2, 0.25) is 0 Å². The maximum atomic E-state index is 6.00. The van der Waals surface area contributed by atoms with Crippen molar-refractivity contribution in [1.29, 1.82) is 0 Å². The molecule has 0 radical (unpaired) electrons. The summed E-state index contributed by atoms with van der Waals surface area (Å²) < 4.78 is 11.4. The van der Waals surface area contributed by atoms with E-state index in [-0.39, 0.29) is 5.60 Å². The first kappa shape index (κ1) is 15.8. The molecule has 0 heterocycles. The fraction of sp³-hybridized carbons (Fsp3) is 0.444. The smallest absolute Gasteiger partial charge is 0.123 e. The molecule has 0 amide bonds. The predicted molar refractivity (Wildman–Crippen MR) is 87.9 cm³/mol. The molecule has 0 aliphatic carbocycles. The highest BCUT2D eigenvalue weighted by Crippen LogP contribution is 2.29. The Morgan fingerprint density at radius 1 is 1.10 bits per heavy atom. The van der Waals surface area contributed by atoms with Crippen LogP contribution in [0.1, 0.15) is 25.8 Å². The summed E-state index contributed by atoms with van der Waals surface area (Å²) in [6.45, 7) is 5.39. The van der Waals surface area contributed by atoms with Crippen LogP contribution in [0.4, 0.5) is 0 Å². The topological polar surface area (TPSA) is 44.5 Å². The van der Waals surface area contributed by atoms with Gasteiger partial charge in [0, 0.05) is 19.1 Å². The van der Waals surface area contributed by atoms with Crippen LogP contribution < -0.4 is 10.5 Å². The average Bonchev–Trinajstić information content (AvgIpc) is 2.49. The van der Waals surface area contributed by atoms with Gasteiger partial charge in [-0.3, -0.25) is 0 Å². The monoisotopic (exact) mass is 287 g/mol. The number of hydrogen-bond acceptors (Lipinski definition) is 3. The molecular formula is C18H25NO2. The van der Waals surface area contributed by atoms with Crippen molar-refractivity contribution in [3.63, 3.8) is 0 Å². The van der Waals surface area contributed by atoms with E-state index in [2.05, 4.69) is 44.2 Å². The Hall–Kier alpha value is -1.58. The summed E-state index contributed by atoms with van der Waals surface area (Å²) in [7, 11) is 1.73. The summed E-state index contributed by atoms with van der Waals surface area (Å²) in [6, 6.07) is 12.5. The van der Waals surface area contributed by atoms with E-state index < -0.39 is 0 Å². The van der Waals surface area contributed by atoms with E-state index in [4.69, 9.17) is 15.2 Å². The normalized spacial score (nSPS) is 11.8. The molecular weight excluding hydrogens is 262 g/mol. The molecule has 2 aromatic rings. The Bertz CT molecular complexity index is 593. The van der Waals surface area contributed by atoms with Crippen LogP contribution in [0.5, 0.6) is 5.75 Å². The third kappa shape index (κ3) is 3.96. The Balaban J connectivity index is 2.20. The van der Waals surface area contributed by atoms with Gasteiger partial charge in [0.25, 0.3) is 0 Å². The van der Waals surface area contributed by atoms with Crippen LogP contribution in [0.15, 0.2) is 36.4 Å². The Morgan fingerprint density at radius 3 is 2.57 bits per heavy atom. The van der Waals surface area contributed by atoms with Crippen molar-refractivity contribution in [3.05, 3.63) is 42.0 Å². The van der Waals surface area contributed by atoms with Crippen LogP contribution in [0, 0.1) is 0 Å². The van der Waals surface area contributed by atoms with Crippen LogP contribution in [0.25, 0.3) is 10.8 Å². The van der Waals surface area contributed by atoms with Crippen LogP contribution in [0.3, 0.4) is 0 Å². The first-order valence-electron chi connectivity index (χ1n) is 7.46. The molecule has 21 heavy (non-hydrogen) atoms. The van der Waals surface area contributed by atoms with Crippen molar-refractivity contribution in [1.82, 2.24) is 0 Å². The number of methoxy groups -OCH3 is 1. The Labute approximate surface area is 127 Å². The van der Waals surface area contributed by atoms with Gasteiger partial charge in [-0.25, -0.2) is 0 Å². The fourth-order valence-electron chi connectivity index (χ4n) is 2.36. The van der Waals surface area contributed by atoms with Gasteiger partial charge in [-0.15, -0.1) is 0 Å². The molecule has 114 valence electrons. The molecule has 0 unspecified atom stereocenters. The van der Waals surface area contributed by atoms with Gasteiger partial charge in [0.1, 0.15) is 5.75 Å². The van der Waals surface area contributed by atoms with Crippen molar-refractivity contribution in [2.45, 2.75) is 32.3 Å². The van der Waals surface area contributed by atoms with Crippen LogP contribution in [-0.2, 0) is 11.2 Å². The molecule has 3 heteroatoms. The number of fused-ring (bicyclic) bond motifs is 1. The summed E-state index contributed by atoms with van der Waals surface area (Å²) >= 11 is 0. The Kier molecular flexibility index (Phi) is 5.21. The molecule has 0 spiro atoms. The lowest BCUT2D eigenvalue weighted by atomic mass is 10.0. The van der Waals surface area contributed by atoms with Gasteiger partial charge in [0.15, 0.2) is 0 Å². The summed E-state index contributed by atoms with van der Waals surface area (Å²) in [5, 5.41) is 2.46. The van der Waals surface area contributed by atoms with E-state index >= 15 is 0 Å². The highest BCUT2D eigenvalue weighted by atomic mass is 16.5. The number of hydrogen-bond donors (Lipinski definition) is 1. The average molecular weight is 287 g/mol. The van der Waals surface area contributed by atoms with E-state index in [1.165, 1.54) is 16.3 Å². The number of rotatable bonds is 7. The minimum absolute atomic E-state index is 0.162. The van der Waals surface area contributed by atoms with E-state index in [1.54, 1.807) is 7.11 Å². The van der Waals surface area contributed by atoms with Crippen molar-refractivity contribution in [3.8, 4) is 5.75 Å². The third-order valence-corrected chi connectivity index (χ3v) is 3.91. The van der Waals surface area contributed by atoms with Gasteiger partial charge in [-0.2, -0.15) is 0 Å². The zero-order valence-electron chi connectivity index (χ0n) is 13.2. The minimum atomic E-state index is -0.162. The zero-order valence-corrected chi connectivity index (χ0v) is 13.2. The highest BCUT2D eigenvalue weighted by Gasteiger charge is 2.16. The van der Waals surface area contributed by atoms with E-state index in [1.807, 2.05) is 6.07 Å². The molecule has 0 aliphatic heterocycles. The quantitative estimate of drug-likeness (QED) is 0.847. The largest absolute Gasteiger partial charge is 0.493 e. The summed E-state index contributed by atoms with van der Waals surface area (Å²) in [5.41, 5.74) is 6.80. The SMILES string of the molecule is COC(C)(C)CCOc1ccc2ccccc2c1CCN. The molecule has 0 aliphatic rings. The minimum Gasteiger partial charge on any atom is -0.493 e. The third-order valence-electron chi connectivity index (χ3n) is 3.91. The molecule has 0 atom stereocenters. The van der Waals surface area contributed by atoms with Gasteiger partial charge >= 0.3 is 0 Å². The van der Waals surface area contributed by atoms with Crippen molar-refractivity contribution in [2.24, 2.45) is 5.73 Å². The fourth-order valence-corrected chi connectivity index (χ4v) is 2.36. The van der Waals surface area contributed by atoms with E-state index in [0.29, 0.717) is 13.2 Å². The van der Waals surface area contributed by atoms with Crippen molar-refractivity contribution in [2.75, 3.05) is 20.3 Å². The van der Waals surface area contributed by atoms with Crippen LogP contribution >= 0.6 is 0 Å². The molecule has 2 aromatic carbocycles. The molecule has 0 aromatic heterocycles.